The van der Waals surface area contributed by atoms with Gasteiger partial charge in [0.2, 0.25) is 0 Å². The van der Waals surface area contributed by atoms with Crippen LogP contribution in [0.1, 0.15) is 47.5 Å². The van der Waals surface area contributed by atoms with E-state index >= 15 is 0 Å². The number of carbonyl (C=O) groups is 4. The van der Waals surface area contributed by atoms with Crippen LogP contribution in [0.3, 0.4) is 0 Å². The average molecular weight is 545 g/mol. The molecule has 0 spiro atoms. The van der Waals surface area contributed by atoms with E-state index in [0.717, 1.165) is 0 Å². The number of ether oxygens (including phenoxy) is 3. The Hall–Kier alpha value is -1.04. The van der Waals surface area contributed by atoms with Crippen LogP contribution in [0.4, 0.5) is 0 Å². The number of hydrogen-bond donors (Lipinski definition) is 0. The largest absolute Gasteiger partial charge is 0.463 e. The van der Waals surface area contributed by atoms with E-state index in [-0.39, 0.29) is 37.2 Å². The third kappa shape index (κ3) is 8.69. The molecule has 0 bridgehead atoms. The van der Waals surface area contributed by atoms with E-state index in [1.165, 1.54) is 6.92 Å². The standard InChI is InChI=1S/C18H27Br2NO8/c1-16(2,19)8-26-11-27-9-18(5,10-28-14(24)17(3,4)20)15(25)29-21-12(22)6-7-13(21)23/h6-11H2,1-5H3. The van der Waals surface area contributed by atoms with Gasteiger partial charge in [0.1, 0.15) is 23.1 Å². The van der Waals surface area contributed by atoms with Gasteiger partial charge in [0.05, 0.1) is 13.2 Å². The van der Waals surface area contributed by atoms with E-state index in [1.54, 1.807) is 13.8 Å². The van der Waals surface area contributed by atoms with Crippen molar-refractivity contribution in [2.24, 2.45) is 5.41 Å². The first kappa shape index (κ1) is 26.0. The minimum absolute atomic E-state index is 0.0255. The Bertz CT molecular complexity index is 625. The van der Waals surface area contributed by atoms with Crippen LogP contribution in [0.15, 0.2) is 0 Å². The summed E-state index contributed by atoms with van der Waals surface area (Å²) in [5.41, 5.74) is -1.47. The Kier molecular flexibility index (Phi) is 9.25. The molecule has 0 N–H and O–H groups in total. The molecule has 166 valence electrons. The van der Waals surface area contributed by atoms with Crippen molar-refractivity contribution < 1.29 is 38.2 Å². The number of esters is 1. The van der Waals surface area contributed by atoms with Gasteiger partial charge in [-0.2, -0.15) is 0 Å². The molecule has 2 amide bonds. The number of carbonyl (C=O) groups excluding carboxylic acids is 4. The molecular weight excluding hydrogens is 518 g/mol. The van der Waals surface area contributed by atoms with Gasteiger partial charge in [-0.05, 0) is 34.6 Å². The highest BCUT2D eigenvalue weighted by Crippen LogP contribution is 2.25. The second-order valence-electron chi connectivity index (χ2n) is 8.10. The van der Waals surface area contributed by atoms with Gasteiger partial charge in [-0.25, -0.2) is 4.79 Å². The molecule has 11 heteroatoms. The van der Waals surface area contributed by atoms with Crippen LogP contribution in [0, 0.1) is 5.41 Å². The summed E-state index contributed by atoms with van der Waals surface area (Å²) in [7, 11) is 0. The third-order valence-corrected chi connectivity index (χ3v) is 4.27. The van der Waals surface area contributed by atoms with Gasteiger partial charge >= 0.3 is 11.9 Å². The molecule has 0 aromatic rings. The number of hydrogen-bond acceptors (Lipinski definition) is 8. The molecule has 0 aromatic heterocycles. The number of alkyl halides is 2. The zero-order chi connectivity index (χ0) is 22.5. The van der Waals surface area contributed by atoms with E-state index in [9.17, 15) is 19.2 Å². The van der Waals surface area contributed by atoms with Gasteiger partial charge < -0.3 is 19.0 Å². The minimum atomic E-state index is -1.47. The normalized spacial score (nSPS) is 17.3. The van der Waals surface area contributed by atoms with E-state index in [4.69, 9.17) is 19.0 Å². The molecule has 0 saturated carbocycles. The third-order valence-electron chi connectivity index (χ3n) is 3.71. The first-order valence-electron chi connectivity index (χ1n) is 8.94. The molecule has 1 aliphatic heterocycles. The summed E-state index contributed by atoms with van der Waals surface area (Å²) in [5.74, 6) is -2.73. The van der Waals surface area contributed by atoms with Gasteiger partial charge in [-0.1, -0.05) is 31.9 Å². The van der Waals surface area contributed by atoms with Crippen molar-refractivity contribution in [2.45, 2.75) is 56.1 Å². The fourth-order valence-electron chi connectivity index (χ4n) is 2.02. The van der Waals surface area contributed by atoms with E-state index in [1.807, 2.05) is 13.8 Å². The Morgan fingerprint density at radius 2 is 1.41 bits per heavy atom. The Morgan fingerprint density at radius 3 is 1.90 bits per heavy atom. The monoisotopic (exact) mass is 543 g/mol. The van der Waals surface area contributed by atoms with Crippen LogP contribution in [-0.4, -0.2) is 64.1 Å². The molecule has 1 saturated heterocycles. The summed E-state index contributed by atoms with van der Waals surface area (Å²) in [6, 6.07) is 0. The average Bonchev–Trinajstić information content (AvgIpc) is 2.89. The molecule has 9 nitrogen and oxygen atoms in total. The highest BCUT2D eigenvalue weighted by Gasteiger charge is 2.43. The number of halogens is 2. The molecule has 0 radical (unpaired) electrons. The van der Waals surface area contributed by atoms with Crippen molar-refractivity contribution in [1.29, 1.82) is 0 Å². The van der Waals surface area contributed by atoms with E-state index in [2.05, 4.69) is 31.9 Å². The Balaban J connectivity index is 2.77. The second kappa shape index (κ2) is 10.3. The van der Waals surface area contributed by atoms with Gasteiger partial charge in [0.25, 0.3) is 11.8 Å². The minimum Gasteiger partial charge on any atom is -0.463 e. The Morgan fingerprint density at radius 1 is 0.897 bits per heavy atom. The summed E-state index contributed by atoms with van der Waals surface area (Å²) in [6.07, 6.45) is -0.0511. The first-order valence-corrected chi connectivity index (χ1v) is 10.5. The van der Waals surface area contributed by atoms with Crippen molar-refractivity contribution in [2.75, 3.05) is 26.6 Å². The number of amides is 2. The van der Waals surface area contributed by atoms with Crippen molar-refractivity contribution in [3.8, 4) is 0 Å². The molecule has 1 fully saturated rings. The summed E-state index contributed by atoms with van der Waals surface area (Å²) in [5, 5.41) is 0.445. The second-order valence-corrected chi connectivity index (χ2v) is 12.2. The molecule has 1 atom stereocenters. The maximum Gasteiger partial charge on any atom is 0.344 e. The van der Waals surface area contributed by atoms with Crippen LogP contribution in [-0.2, 0) is 38.2 Å². The fourth-order valence-corrected chi connectivity index (χ4v) is 2.29. The van der Waals surface area contributed by atoms with Gasteiger partial charge in [-0.3, -0.25) is 14.4 Å². The van der Waals surface area contributed by atoms with Crippen molar-refractivity contribution >= 4 is 55.6 Å². The maximum absolute atomic E-state index is 12.7. The summed E-state index contributed by atoms with van der Waals surface area (Å²) >= 11 is 6.61. The van der Waals surface area contributed by atoms with Crippen LogP contribution >= 0.6 is 31.9 Å². The zero-order valence-corrected chi connectivity index (χ0v) is 20.4. The molecule has 29 heavy (non-hydrogen) atoms. The maximum atomic E-state index is 12.7. The van der Waals surface area contributed by atoms with Crippen LogP contribution in [0.2, 0.25) is 0 Å². The lowest BCUT2D eigenvalue weighted by Gasteiger charge is -2.29. The molecule has 0 aromatic carbocycles. The molecular formula is C18H27Br2NO8. The lowest BCUT2D eigenvalue weighted by atomic mass is 9.93. The highest BCUT2D eigenvalue weighted by molar-refractivity contribution is 9.10. The zero-order valence-electron chi connectivity index (χ0n) is 17.2. The van der Waals surface area contributed by atoms with Crippen molar-refractivity contribution in [3.63, 3.8) is 0 Å². The van der Waals surface area contributed by atoms with E-state index in [0.29, 0.717) is 11.7 Å². The lowest BCUT2D eigenvalue weighted by Crippen LogP contribution is -2.45. The predicted molar refractivity (Wildman–Crippen MR) is 109 cm³/mol. The van der Waals surface area contributed by atoms with Gasteiger partial charge in [-0.15, -0.1) is 5.06 Å². The first-order chi connectivity index (χ1) is 13.2. The number of rotatable bonds is 11. The van der Waals surface area contributed by atoms with Gasteiger partial charge in [0, 0.05) is 17.2 Å². The topological polar surface area (TPSA) is 108 Å². The van der Waals surface area contributed by atoms with Crippen molar-refractivity contribution in [3.05, 3.63) is 0 Å². The van der Waals surface area contributed by atoms with Crippen LogP contribution in [0.25, 0.3) is 0 Å². The molecule has 1 unspecified atom stereocenters. The molecule has 1 heterocycles. The highest BCUT2D eigenvalue weighted by atomic mass is 79.9. The van der Waals surface area contributed by atoms with Gasteiger partial charge in [0.15, 0.2) is 0 Å². The quantitative estimate of drug-likeness (QED) is 0.128. The van der Waals surface area contributed by atoms with Crippen LogP contribution in [0.5, 0.6) is 0 Å². The van der Waals surface area contributed by atoms with Crippen molar-refractivity contribution in [1.82, 2.24) is 5.06 Å². The summed E-state index contributed by atoms with van der Waals surface area (Å²) in [4.78, 5) is 53.2. The van der Waals surface area contributed by atoms with E-state index < -0.39 is 33.5 Å². The fraction of sp³-hybridized carbons (Fsp3) is 0.778. The number of hydroxylamine groups is 2. The number of nitrogens with zero attached hydrogens (tertiary/aromatic N) is 1. The predicted octanol–water partition coefficient (Wildman–Crippen LogP) is 2.48. The lowest BCUT2D eigenvalue weighted by molar-refractivity contribution is -0.211. The Labute approximate surface area is 186 Å². The molecule has 1 rings (SSSR count). The summed E-state index contributed by atoms with van der Waals surface area (Å²) < 4.78 is 14.8. The molecule has 1 aliphatic rings. The van der Waals surface area contributed by atoms with Crippen LogP contribution < -0.4 is 0 Å². The summed E-state index contributed by atoms with van der Waals surface area (Å²) in [6.45, 7) is 8.12. The SMILES string of the molecule is CC(C)(Br)COCOCC(C)(COC(=O)C(C)(C)Br)C(=O)ON1C(=O)CCC1=O. The molecule has 0 aliphatic carbocycles. The number of imide groups is 1. The smallest absolute Gasteiger partial charge is 0.344 e.